The maximum atomic E-state index is 12.7. The maximum Gasteiger partial charge on any atom is 0.258 e. The van der Waals surface area contributed by atoms with Gasteiger partial charge in [-0.05, 0) is 55.2 Å². The molecule has 162 valence electrons. The number of nitrogens with one attached hydrogen (secondary N) is 2. The van der Waals surface area contributed by atoms with E-state index in [9.17, 15) is 18.3 Å². The number of sulfonamides is 1. The van der Waals surface area contributed by atoms with Crippen LogP contribution in [0.3, 0.4) is 0 Å². The predicted octanol–water partition coefficient (Wildman–Crippen LogP) is 2.55. The second-order valence-electron chi connectivity index (χ2n) is 7.28. The Labute approximate surface area is 177 Å². The van der Waals surface area contributed by atoms with Crippen molar-refractivity contribution in [2.75, 3.05) is 7.11 Å². The van der Waals surface area contributed by atoms with Crippen LogP contribution in [0.2, 0.25) is 0 Å². The molecule has 0 spiro atoms. The van der Waals surface area contributed by atoms with Crippen LogP contribution in [0.1, 0.15) is 31.4 Å². The predicted molar refractivity (Wildman–Crippen MR) is 115 cm³/mol. The van der Waals surface area contributed by atoms with E-state index >= 15 is 0 Å². The molecule has 0 unspecified atom stereocenters. The number of methoxy groups -OCH3 is 1. The fourth-order valence-corrected chi connectivity index (χ4v) is 3.90. The number of carbonyl (C=O) groups is 1. The summed E-state index contributed by atoms with van der Waals surface area (Å²) >= 11 is 0. The summed E-state index contributed by atoms with van der Waals surface area (Å²) < 4.78 is 32.8. The average molecular weight is 434 g/mol. The molecule has 2 aromatic carbocycles. The third-order valence-electron chi connectivity index (χ3n) is 4.24. The Hall–Kier alpha value is -2.91. The van der Waals surface area contributed by atoms with E-state index in [0.29, 0.717) is 17.7 Å². The zero-order chi connectivity index (χ0) is 22.3. The fourth-order valence-electron chi connectivity index (χ4n) is 2.69. The van der Waals surface area contributed by atoms with Crippen molar-refractivity contribution in [3.05, 3.63) is 53.6 Å². The van der Waals surface area contributed by atoms with Crippen LogP contribution in [0.15, 0.2) is 52.5 Å². The number of rotatable bonds is 9. The molecule has 8 nitrogen and oxygen atoms in total. The summed E-state index contributed by atoms with van der Waals surface area (Å²) in [6.45, 7) is 5.65. The smallest absolute Gasteiger partial charge is 0.258 e. The largest absolute Gasteiger partial charge is 0.504 e. The van der Waals surface area contributed by atoms with Gasteiger partial charge in [0.05, 0.1) is 18.2 Å². The van der Waals surface area contributed by atoms with Crippen molar-refractivity contribution in [2.24, 2.45) is 11.0 Å². The number of amides is 1. The topological polar surface area (TPSA) is 117 Å². The molecule has 0 heterocycles. The first-order valence-corrected chi connectivity index (χ1v) is 10.9. The summed E-state index contributed by atoms with van der Waals surface area (Å²) in [7, 11) is -2.43. The van der Waals surface area contributed by atoms with Crippen molar-refractivity contribution in [3.63, 3.8) is 0 Å². The van der Waals surface area contributed by atoms with Gasteiger partial charge in [-0.1, -0.05) is 31.5 Å². The van der Waals surface area contributed by atoms with E-state index in [4.69, 9.17) is 4.74 Å². The van der Waals surface area contributed by atoms with Crippen molar-refractivity contribution in [3.8, 4) is 11.5 Å². The van der Waals surface area contributed by atoms with Crippen LogP contribution in [0, 0.1) is 12.8 Å². The third-order valence-corrected chi connectivity index (χ3v) is 5.73. The highest BCUT2D eigenvalue weighted by Gasteiger charge is 2.26. The summed E-state index contributed by atoms with van der Waals surface area (Å²) in [6, 6.07) is 10.0. The van der Waals surface area contributed by atoms with Gasteiger partial charge in [0.25, 0.3) is 5.91 Å². The molecular weight excluding hydrogens is 406 g/mol. The highest BCUT2D eigenvalue weighted by Crippen LogP contribution is 2.25. The van der Waals surface area contributed by atoms with Gasteiger partial charge in [0.2, 0.25) is 10.0 Å². The Kier molecular flexibility index (Phi) is 7.96. The summed E-state index contributed by atoms with van der Waals surface area (Å²) in [6.07, 6.45) is 1.65. The molecule has 3 N–H and O–H groups in total. The van der Waals surface area contributed by atoms with Crippen LogP contribution in [0.5, 0.6) is 11.5 Å². The van der Waals surface area contributed by atoms with Crippen molar-refractivity contribution in [2.45, 2.75) is 38.1 Å². The molecule has 1 atom stereocenters. The zero-order valence-electron chi connectivity index (χ0n) is 17.4. The monoisotopic (exact) mass is 433 g/mol. The number of hydrogen-bond acceptors (Lipinski definition) is 6. The van der Waals surface area contributed by atoms with Gasteiger partial charge in [-0.25, -0.2) is 13.8 Å². The molecule has 1 amide bonds. The van der Waals surface area contributed by atoms with Crippen molar-refractivity contribution < 1.29 is 23.1 Å². The Balaban J connectivity index is 2.11. The van der Waals surface area contributed by atoms with Crippen molar-refractivity contribution in [1.29, 1.82) is 0 Å². The quantitative estimate of drug-likeness (QED) is 0.415. The van der Waals surface area contributed by atoms with Crippen LogP contribution in [0.25, 0.3) is 0 Å². The molecule has 30 heavy (non-hydrogen) atoms. The molecule has 0 bridgehead atoms. The molecule has 0 aliphatic carbocycles. The van der Waals surface area contributed by atoms with Crippen LogP contribution < -0.4 is 14.9 Å². The minimum Gasteiger partial charge on any atom is -0.504 e. The number of hydrogen-bond donors (Lipinski definition) is 3. The van der Waals surface area contributed by atoms with Gasteiger partial charge in [0.15, 0.2) is 11.5 Å². The SMILES string of the molecule is COc1ccc(/C=N\NC(=O)[C@H](CC(C)C)NS(=O)(=O)c2ccc(C)cc2)cc1O. The van der Waals surface area contributed by atoms with Crippen LogP contribution in [-0.2, 0) is 14.8 Å². The molecule has 0 saturated carbocycles. The average Bonchev–Trinajstić information content (AvgIpc) is 2.67. The second kappa shape index (κ2) is 10.2. The number of aromatic hydroxyl groups is 1. The number of aryl methyl sites for hydroxylation is 1. The normalized spacial score (nSPS) is 12.8. The number of phenols is 1. The van der Waals surface area contributed by atoms with Crippen molar-refractivity contribution >= 4 is 22.1 Å². The van der Waals surface area contributed by atoms with Crippen LogP contribution >= 0.6 is 0 Å². The minimum absolute atomic E-state index is 0.0590. The summed E-state index contributed by atoms with van der Waals surface area (Å²) in [5.74, 6) is -0.243. The molecule has 0 aliphatic rings. The van der Waals surface area contributed by atoms with Crippen LogP contribution in [-0.4, -0.2) is 38.8 Å². The molecule has 0 aromatic heterocycles. The van der Waals surface area contributed by atoms with Gasteiger partial charge in [-0.3, -0.25) is 4.79 Å². The number of nitrogens with zero attached hydrogens (tertiary/aromatic N) is 1. The molecule has 0 saturated heterocycles. The minimum atomic E-state index is -3.87. The van der Waals surface area contributed by atoms with Gasteiger partial charge in [0, 0.05) is 0 Å². The lowest BCUT2D eigenvalue weighted by atomic mass is 10.0. The number of benzene rings is 2. The Morgan fingerprint density at radius 1 is 1.20 bits per heavy atom. The molecule has 0 aliphatic heterocycles. The number of carbonyl (C=O) groups excluding carboxylic acids is 1. The third kappa shape index (κ3) is 6.57. The summed E-state index contributed by atoms with van der Waals surface area (Å²) in [4.78, 5) is 12.7. The van der Waals surface area contributed by atoms with Gasteiger partial charge in [-0.2, -0.15) is 9.82 Å². The van der Waals surface area contributed by atoms with E-state index in [2.05, 4.69) is 15.2 Å². The van der Waals surface area contributed by atoms with E-state index in [-0.39, 0.29) is 16.6 Å². The van der Waals surface area contributed by atoms with Gasteiger partial charge < -0.3 is 9.84 Å². The molecule has 2 rings (SSSR count). The molecule has 9 heteroatoms. The highest BCUT2D eigenvalue weighted by atomic mass is 32.2. The Bertz CT molecular complexity index is 1000. The van der Waals surface area contributed by atoms with E-state index < -0.39 is 22.0 Å². The first-order valence-electron chi connectivity index (χ1n) is 9.41. The van der Waals surface area contributed by atoms with Gasteiger partial charge in [-0.15, -0.1) is 0 Å². The lowest BCUT2D eigenvalue weighted by Crippen LogP contribution is -2.46. The van der Waals surface area contributed by atoms with E-state index in [1.54, 1.807) is 24.3 Å². The Morgan fingerprint density at radius 3 is 2.43 bits per heavy atom. The van der Waals surface area contributed by atoms with Gasteiger partial charge >= 0.3 is 0 Å². The molecule has 0 fully saturated rings. The molecule has 2 aromatic rings. The number of hydrazone groups is 1. The highest BCUT2D eigenvalue weighted by molar-refractivity contribution is 7.89. The first-order chi connectivity index (χ1) is 14.1. The fraction of sp³-hybridized carbons (Fsp3) is 0.333. The number of ether oxygens (including phenoxy) is 1. The van der Waals surface area contributed by atoms with Gasteiger partial charge in [0.1, 0.15) is 6.04 Å². The molecular formula is C21H27N3O5S. The van der Waals surface area contributed by atoms with Crippen LogP contribution in [0.4, 0.5) is 0 Å². The first kappa shape index (κ1) is 23.4. The lowest BCUT2D eigenvalue weighted by Gasteiger charge is -2.19. The number of phenolic OH excluding ortho intramolecular Hbond substituents is 1. The lowest BCUT2D eigenvalue weighted by molar-refractivity contribution is -0.123. The summed E-state index contributed by atoms with van der Waals surface area (Å²) in [5, 5.41) is 13.7. The molecule has 0 radical (unpaired) electrons. The van der Waals surface area contributed by atoms with E-state index in [1.165, 1.54) is 31.5 Å². The van der Waals surface area contributed by atoms with E-state index in [0.717, 1.165) is 5.56 Å². The standard InChI is InChI=1S/C21H27N3O5S/c1-14(2)11-18(24-30(27,28)17-8-5-15(3)6-9-17)21(26)23-22-13-16-7-10-20(29-4)19(25)12-16/h5-10,12-14,18,24-25H,11H2,1-4H3,(H,23,26)/b22-13-/t18-/m0/s1. The Morgan fingerprint density at radius 2 is 1.87 bits per heavy atom. The van der Waals surface area contributed by atoms with E-state index in [1.807, 2.05) is 20.8 Å². The zero-order valence-corrected chi connectivity index (χ0v) is 18.2. The summed E-state index contributed by atoms with van der Waals surface area (Å²) in [5.41, 5.74) is 3.83. The second-order valence-corrected chi connectivity index (χ2v) is 9.00. The maximum absolute atomic E-state index is 12.7. The van der Waals surface area contributed by atoms with Crippen molar-refractivity contribution in [1.82, 2.24) is 10.1 Å².